The van der Waals surface area contributed by atoms with Crippen LogP contribution in [0.5, 0.6) is 0 Å². The Morgan fingerprint density at radius 3 is 2.82 bits per heavy atom. The molecule has 8 heteroatoms. The van der Waals surface area contributed by atoms with Crippen LogP contribution in [0.15, 0.2) is 0 Å². The smallest absolute Gasteiger partial charge is 0.315 e. The Bertz CT molecular complexity index is 480. The predicted octanol–water partition coefficient (Wildman–Crippen LogP) is -0.170. The monoisotopic (exact) mass is 333 g/mol. The Balaban J connectivity index is 1.67. The van der Waals surface area contributed by atoms with Crippen molar-refractivity contribution in [3.8, 4) is 0 Å². The van der Waals surface area contributed by atoms with Gasteiger partial charge < -0.3 is 15.4 Å². The molecule has 128 valence electrons. The standard InChI is InChI=1S/C14H27N3O4S/c1-11(2)8-17-4-5-21-13(9-17)7-15-14(18)16-12-3-6-22(19,20)10-12/h11-13H,3-10H2,1-2H3,(H2,15,16,18)/t12-,13+/m0/s1. The Labute approximate surface area is 132 Å². The van der Waals surface area contributed by atoms with Crippen LogP contribution in [0.1, 0.15) is 20.3 Å². The molecule has 2 fully saturated rings. The van der Waals surface area contributed by atoms with Crippen LogP contribution >= 0.6 is 0 Å². The zero-order chi connectivity index (χ0) is 16.2. The van der Waals surface area contributed by atoms with Gasteiger partial charge in [0.25, 0.3) is 0 Å². The van der Waals surface area contributed by atoms with E-state index in [1.54, 1.807) is 0 Å². The predicted molar refractivity (Wildman–Crippen MR) is 84.6 cm³/mol. The number of amides is 2. The SMILES string of the molecule is CC(C)CN1CCO[C@H](CNC(=O)N[C@H]2CCS(=O)(=O)C2)C1. The molecule has 2 atom stereocenters. The fourth-order valence-electron chi connectivity index (χ4n) is 2.94. The fourth-order valence-corrected chi connectivity index (χ4v) is 4.61. The minimum atomic E-state index is -2.97. The second-order valence-electron chi connectivity index (χ2n) is 6.60. The minimum absolute atomic E-state index is 0.00874. The lowest BCUT2D eigenvalue weighted by Crippen LogP contribution is -2.51. The van der Waals surface area contributed by atoms with Crippen molar-refractivity contribution in [3.63, 3.8) is 0 Å². The number of rotatable bonds is 5. The number of morpholine rings is 1. The zero-order valence-electron chi connectivity index (χ0n) is 13.4. The molecule has 0 aromatic heterocycles. The van der Waals surface area contributed by atoms with E-state index in [9.17, 15) is 13.2 Å². The van der Waals surface area contributed by atoms with Gasteiger partial charge in [-0.05, 0) is 12.3 Å². The van der Waals surface area contributed by atoms with Crippen molar-refractivity contribution in [1.82, 2.24) is 15.5 Å². The molecular formula is C14H27N3O4S. The summed E-state index contributed by atoms with van der Waals surface area (Å²) >= 11 is 0. The van der Waals surface area contributed by atoms with Gasteiger partial charge in [-0.2, -0.15) is 0 Å². The maximum absolute atomic E-state index is 11.8. The lowest BCUT2D eigenvalue weighted by atomic mass is 10.2. The summed E-state index contributed by atoms with van der Waals surface area (Å²) in [4.78, 5) is 14.2. The van der Waals surface area contributed by atoms with Crippen LogP contribution in [0.4, 0.5) is 4.79 Å². The molecule has 2 amide bonds. The topological polar surface area (TPSA) is 87.7 Å². The van der Waals surface area contributed by atoms with Crippen LogP contribution in [-0.4, -0.2) is 75.8 Å². The summed E-state index contributed by atoms with van der Waals surface area (Å²) in [5.41, 5.74) is 0. The van der Waals surface area contributed by atoms with Crippen molar-refractivity contribution in [3.05, 3.63) is 0 Å². The molecule has 0 spiro atoms. The van der Waals surface area contributed by atoms with Gasteiger partial charge in [0, 0.05) is 32.2 Å². The molecule has 2 aliphatic rings. The van der Waals surface area contributed by atoms with E-state index in [0.717, 1.165) is 19.6 Å². The van der Waals surface area contributed by atoms with Gasteiger partial charge in [0.05, 0.1) is 24.2 Å². The van der Waals surface area contributed by atoms with E-state index in [0.29, 0.717) is 25.5 Å². The zero-order valence-corrected chi connectivity index (χ0v) is 14.2. The second kappa shape index (κ2) is 7.61. The molecule has 0 aromatic carbocycles. The van der Waals surface area contributed by atoms with E-state index >= 15 is 0 Å². The Morgan fingerprint density at radius 1 is 1.41 bits per heavy atom. The molecule has 2 aliphatic heterocycles. The molecule has 0 bridgehead atoms. The third-order valence-electron chi connectivity index (χ3n) is 3.90. The molecule has 2 heterocycles. The number of nitrogens with zero attached hydrogens (tertiary/aromatic N) is 1. The van der Waals surface area contributed by atoms with E-state index in [2.05, 4.69) is 29.4 Å². The number of hydrogen-bond donors (Lipinski definition) is 2. The van der Waals surface area contributed by atoms with Gasteiger partial charge in [0.2, 0.25) is 0 Å². The number of nitrogens with one attached hydrogen (secondary N) is 2. The van der Waals surface area contributed by atoms with Crippen molar-refractivity contribution in [2.45, 2.75) is 32.4 Å². The van der Waals surface area contributed by atoms with Crippen LogP contribution in [0.3, 0.4) is 0 Å². The minimum Gasteiger partial charge on any atom is -0.374 e. The Hall–Kier alpha value is -0.860. The maximum Gasteiger partial charge on any atom is 0.315 e. The van der Waals surface area contributed by atoms with Gasteiger partial charge >= 0.3 is 6.03 Å². The summed E-state index contributed by atoms with van der Waals surface area (Å²) in [5, 5.41) is 5.50. The van der Waals surface area contributed by atoms with Crippen molar-refractivity contribution in [2.24, 2.45) is 5.92 Å². The van der Waals surface area contributed by atoms with E-state index in [1.807, 2.05) is 0 Å². The number of carbonyl (C=O) groups excluding carboxylic acids is 1. The normalized spacial score (nSPS) is 28.7. The third kappa shape index (κ3) is 5.73. The van der Waals surface area contributed by atoms with Crippen LogP contribution in [0, 0.1) is 5.92 Å². The molecular weight excluding hydrogens is 306 g/mol. The van der Waals surface area contributed by atoms with Crippen molar-refractivity contribution in [1.29, 1.82) is 0 Å². The largest absolute Gasteiger partial charge is 0.374 e. The Kier molecular flexibility index (Phi) is 6.05. The van der Waals surface area contributed by atoms with Gasteiger partial charge in [0.1, 0.15) is 0 Å². The molecule has 2 N–H and O–H groups in total. The van der Waals surface area contributed by atoms with Gasteiger partial charge in [0.15, 0.2) is 9.84 Å². The average molecular weight is 333 g/mol. The van der Waals surface area contributed by atoms with E-state index < -0.39 is 9.84 Å². The summed E-state index contributed by atoms with van der Waals surface area (Å²) in [6.07, 6.45) is 0.489. The lowest BCUT2D eigenvalue weighted by molar-refractivity contribution is -0.0290. The fraction of sp³-hybridized carbons (Fsp3) is 0.929. The third-order valence-corrected chi connectivity index (χ3v) is 5.67. The molecule has 2 saturated heterocycles. The van der Waals surface area contributed by atoms with Crippen molar-refractivity contribution < 1.29 is 17.9 Å². The van der Waals surface area contributed by atoms with E-state index in [1.165, 1.54) is 0 Å². The van der Waals surface area contributed by atoms with Gasteiger partial charge in [-0.25, -0.2) is 13.2 Å². The summed E-state index contributed by atoms with van der Waals surface area (Å²) in [7, 11) is -2.97. The van der Waals surface area contributed by atoms with Crippen LogP contribution in [0.2, 0.25) is 0 Å². The highest BCUT2D eigenvalue weighted by atomic mass is 32.2. The molecule has 7 nitrogen and oxygen atoms in total. The average Bonchev–Trinajstić information content (AvgIpc) is 2.75. The first-order valence-electron chi connectivity index (χ1n) is 7.93. The first kappa shape index (κ1) is 17.5. The molecule has 0 aliphatic carbocycles. The summed E-state index contributed by atoms with van der Waals surface area (Å²) in [6.45, 7) is 8.28. The van der Waals surface area contributed by atoms with Crippen molar-refractivity contribution in [2.75, 3.05) is 44.3 Å². The van der Waals surface area contributed by atoms with Gasteiger partial charge in [-0.15, -0.1) is 0 Å². The van der Waals surface area contributed by atoms with Gasteiger partial charge in [-0.3, -0.25) is 4.90 Å². The number of urea groups is 1. The number of hydrogen-bond acceptors (Lipinski definition) is 5. The van der Waals surface area contributed by atoms with E-state index in [4.69, 9.17) is 4.74 Å². The molecule has 0 aromatic rings. The summed E-state index contributed by atoms with van der Waals surface area (Å²) in [5.74, 6) is 0.815. The van der Waals surface area contributed by atoms with Gasteiger partial charge in [-0.1, -0.05) is 13.8 Å². The van der Waals surface area contributed by atoms with Crippen LogP contribution in [0.25, 0.3) is 0 Å². The lowest BCUT2D eigenvalue weighted by Gasteiger charge is -2.34. The summed E-state index contributed by atoms with van der Waals surface area (Å²) in [6, 6.07) is -0.582. The Morgan fingerprint density at radius 2 is 2.18 bits per heavy atom. The highest BCUT2D eigenvalue weighted by Gasteiger charge is 2.29. The molecule has 0 unspecified atom stereocenters. The van der Waals surface area contributed by atoms with Crippen LogP contribution < -0.4 is 10.6 Å². The quantitative estimate of drug-likeness (QED) is 0.729. The van der Waals surface area contributed by atoms with Crippen LogP contribution in [-0.2, 0) is 14.6 Å². The molecule has 0 radical (unpaired) electrons. The molecule has 0 saturated carbocycles. The maximum atomic E-state index is 11.8. The second-order valence-corrected chi connectivity index (χ2v) is 8.83. The highest BCUT2D eigenvalue weighted by molar-refractivity contribution is 7.91. The molecule has 2 rings (SSSR count). The number of carbonyl (C=O) groups is 1. The first-order chi connectivity index (χ1) is 10.3. The molecule has 22 heavy (non-hydrogen) atoms. The highest BCUT2D eigenvalue weighted by Crippen LogP contribution is 2.11. The number of ether oxygens (including phenoxy) is 1. The van der Waals surface area contributed by atoms with Crippen molar-refractivity contribution >= 4 is 15.9 Å². The number of sulfone groups is 1. The summed E-state index contributed by atoms with van der Waals surface area (Å²) < 4.78 is 28.4. The van der Waals surface area contributed by atoms with E-state index in [-0.39, 0.29) is 29.7 Å². The first-order valence-corrected chi connectivity index (χ1v) is 9.75.